The van der Waals surface area contributed by atoms with Gasteiger partial charge < -0.3 is 15.1 Å². The molecule has 0 amide bonds. The standard InChI is InChI=1S/C21H24F3N3O5S/c1-13-11-26(19-7-4-16(10-25-19)21(22,23)24)12-14(2)27(13)33(31,32)17-5-6-18(28)15(9-17)3-8-20(29)30/h4-7,9-10,13-14,28H,3,8,11-12H2,1-2H3,(H,29,30). The molecule has 3 rings (SSSR count). The maximum Gasteiger partial charge on any atom is 0.417 e. The number of aromatic nitrogens is 1. The van der Waals surface area contributed by atoms with Crippen molar-refractivity contribution in [2.24, 2.45) is 0 Å². The van der Waals surface area contributed by atoms with Crippen LogP contribution in [0.15, 0.2) is 41.4 Å². The largest absolute Gasteiger partial charge is 0.508 e. The fourth-order valence-electron chi connectivity index (χ4n) is 4.00. The van der Waals surface area contributed by atoms with Crippen LogP contribution in [0, 0.1) is 0 Å². The number of aliphatic carboxylic acids is 1. The molecule has 33 heavy (non-hydrogen) atoms. The lowest BCUT2D eigenvalue weighted by Gasteiger charge is -2.43. The zero-order valence-corrected chi connectivity index (χ0v) is 18.8. The summed E-state index contributed by atoms with van der Waals surface area (Å²) in [5, 5.41) is 18.8. The fourth-order valence-corrected chi connectivity index (χ4v) is 5.85. The van der Waals surface area contributed by atoms with Crippen LogP contribution in [0.4, 0.5) is 19.0 Å². The quantitative estimate of drug-likeness (QED) is 0.644. The number of nitrogens with zero attached hydrogens (tertiary/aromatic N) is 3. The van der Waals surface area contributed by atoms with Crippen LogP contribution in [0.3, 0.4) is 0 Å². The van der Waals surface area contributed by atoms with Gasteiger partial charge >= 0.3 is 12.1 Å². The van der Waals surface area contributed by atoms with Gasteiger partial charge in [0.25, 0.3) is 0 Å². The number of sulfonamides is 1. The SMILES string of the molecule is CC1CN(c2ccc(C(F)(F)F)cn2)CC(C)N1S(=O)(=O)c1ccc(O)c(CCC(=O)O)c1. The Kier molecular flexibility index (Phi) is 6.89. The summed E-state index contributed by atoms with van der Waals surface area (Å²) in [7, 11) is -3.99. The number of hydrogen-bond donors (Lipinski definition) is 2. The van der Waals surface area contributed by atoms with Crippen molar-refractivity contribution in [3.8, 4) is 5.75 Å². The second-order valence-electron chi connectivity index (χ2n) is 8.03. The molecule has 8 nitrogen and oxygen atoms in total. The van der Waals surface area contributed by atoms with Crippen LogP contribution in [0.25, 0.3) is 0 Å². The molecule has 0 aliphatic carbocycles. The highest BCUT2D eigenvalue weighted by Crippen LogP contribution is 2.32. The first-order valence-electron chi connectivity index (χ1n) is 10.2. The summed E-state index contributed by atoms with van der Waals surface area (Å²) < 4.78 is 66.5. The highest BCUT2D eigenvalue weighted by Gasteiger charge is 2.39. The molecule has 2 heterocycles. The molecule has 1 aromatic heterocycles. The minimum absolute atomic E-state index is 0.0248. The third-order valence-corrected chi connectivity index (χ3v) is 7.60. The van der Waals surface area contributed by atoms with E-state index in [4.69, 9.17) is 5.11 Å². The number of piperazine rings is 1. The number of carboxylic acids is 1. The molecule has 0 bridgehead atoms. The van der Waals surface area contributed by atoms with E-state index in [9.17, 15) is 31.5 Å². The second-order valence-corrected chi connectivity index (χ2v) is 9.87. The predicted octanol–water partition coefficient (Wildman–Crippen LogP) is 3.11. The van der Waals surface area contributed by atoms with Crippen molar-refractivity contribution in [3.05, 3.63) is 47.7 Å². The number of phenolic OH excluding ortho intramolecular Hbond substituents is 1. The highest BCUT2D eigenvalue weighted by molar-refractivity contribution is 7.89. The van der Waals surface area contributed by atoms with E-state index in [0.29, 0.717) is 5.82 Å². The molecule has 2 unspecified atom stereocenters. The van der Waals surface area contributed by atoms with Crippen LogP contribution >= 0.6 is 0 Å². The van der Waals surface area contributed by atoms with Gasteiger partial charge in [-0.3, -0.25) is 4.79 Å². The Bertz CT molecular complexity index is 1110. The van der Waals surface area contributed by atoms with Gasteiger partial charge in [-0.2, -0.15) is 17.5 Å². The van der Waals surface area contributed by atoms with Gasteiger partial charge in [0.05, 0.1) is 10.5 Å². The molecule has 1 aliphatic heterocycles. The molecular formula is C21H24F3N3O5S. The molecule has 1 saturated heterocycles. The number of anilines is 1. The molecule has 0 radical (unpaired) electrons. The molecule has 0 spiro atoms. The van der Waals surface area contributed by atoms with E-state index in [0.717, 1.165) is 12.3 Å². The van der Waals surface area contributed by atoms with Gasteiger partial charge in [0, 0.05) is 37.8 Å². The summed E-state index contributed by atoms with van der Waals surface area (Å²) in [6.45, 7) is 3.81. The minimum Gasteiger partial charge on any atom is -0.508 e. The van der Waals surface area contributed by atoms with Crippen molar-refractivity contribution >= 4 is 21.8 Å². The molecule has 2 N–H and O–H groups in total. The van der Waals surface area contributed by atoms with E-state index in [-0.39, 0.29) is 42.1 Å². The molecule has 0 saturated carbocycles. The molecule has 1 aromatic carbocycles. The van der Waals surface area contributed by atoms with Gasteiger partial charge in [-0.25, -0.2) is 13.4 Å². The lowest BCUT2D eigenvalue weighted by Crippen LogP contribution is -2.58. The zero-order chi connectivity index (χ0) is 24.6. The number of rotatable bonds is 6. The first-order valence-corrected chi connectivity index (χ1v) is 11.6. The number of pyridine rings is 1. The topological polar surface area (TPSA) is 111 Å². The zero-order valence-electron chi connectivity index (χ0n) is 18.0. The van der Waals surface area contributed by atoms with Gasteiger partial charge in [0.2, 0.25) is 10.0 Å². The van der Waals surface area contributed by atoms with Gasteiger partial charge in [0.15, 0.2) is 0 Å². The monoisotopic (exact) mass is 487 g/mol. The summed E-state index contributed by atoms with van der Waals surface area (Å²) in [5.41, 5.74) is -0.647. The fraction of sp³-hybridized carbons (Fsp3) is 0.429. The van der Waals surface area contributed by atoms with Gasteiger partial charge in [-0.15, -0.1) is 0 Å². The van der Waals surface area contributed by atoms with E-state index in [1.165, 1.54) is 28.6 Å². The number of carbonyl (C=O) groups is 1. The summed E-state index contributed by atoms with van der Waals surface area (Å²) >= 11 is 0. The maximum atomic E-state index is 13.4. The number of benzene rings is 1. The van der Waals surface area contributed by atoms with Crippen LogP contribution < -0.4 is 4.90 Å². The number of halogens is 3. The van der Waals surface area contributed by atoms with Crippen molar-refractivity contribution in [1.29, 1.82) is 0 Å². The normalized spacial score (nSPS) is 20.1. The average molecular weight is 488 g/mol. The second kappa shape index (κ2) is 9.18. The predicted molar refractivity (Wildman–Crippen MR) is 113 cm³/mol. The van der Waals surface area contributed by atoms with Crippen molar-refractivity contribution in [2.75, 3.05) is 18.0 Å². The van der Waals surface area contributed by atoms with Crippen LogP contribution in [-0.4, -0.2) is 59.1 Å². The summed E-state index contributed by atoms with van der Waals surface area (Å²) in [6, 6.07) is 4.91. The van der Waals surface area contributed by atoms with E-state index < -0.39 is 39.8 Å². The van der Waals surface area contributed by atoms with E-state index in [2.05, 4.69) is 4.98 Å². The van der Waals surface area contributed by atoms with E-state index in [1.54, 1.807) is 18.7 Å². The first kappa shape index (κ1) is 24.8. The molecular weight excluding hydrogens is 463 g/mol. The Morgan fingerprint density at radius 1 is 1.15 bits per heavy atom. The minimum atomic E-state index is -4.49. The highest BCUT2D eigenvalue weighted by atomic mass is 32.2. The smallest absolute Gasteiger partial charge is 0.417 e. The maximum absolute atomic E-state index is 13.4. The Labute approximate surface area is 189 Å². The number of aryl methyl sites for hydroxylation is 1. The molecule has 180 valence electrons. The van der Waals surface area contributed by atoms with Gasteiger partial charge in [-0.05, 0) is 56.2 Å². The van der Waals surface area contributed by atoms with Gasteiger partial charge in [0.1, 0.15) is 11.6 Å². The van der Waals surface area contributed by atoms with Crippen molar-refractivity contribution in [3.63, 3.8) is 0 Å². The Hall–Kier alpha value is -2.86. The van der Waals surface area contributed by atoms with Crippen LogP contribution in [0.2, 0.25) is 0 Å². The summed E-state index contributed by atoms with van der Waals surface area (Å²) in [6.07, 6.45) is -4.03. The van der Waals surface area contributed by atoms with E-state index >= 15 is 0 Å². The number of alkyl halides is 3. The van der Waals surface area contributed by atoms with Crippen molar-refractivity contribution in [2.45, 2.75) is 49.8 Å². The molecule has 12 heteroatoms. The number of carboxylic acid groups (broad SMARTS) is 1. The molecule has 2 atom stereocenters. The Balaban J connectivity index is 1.82. The summed E-state index contributed by atoms with van der Waals surface area (Å²) in [5.74, 6) is -0.938. The average Bonchev–Trinajstić information content (AvgIpc) is 2.71. The lowest BCUT2D eigenvalue weighted by molar-refractivity contribution is -0.138. The third kappa shape index (κ3) is 5.38. The summed E-state index contributed by atoms with van der Waals surface area (Å²) in [4.78, 5) is 16.4. The van der Waals surface area contributed by atoms with Crippen molar-refractivity contribution in [1.82, 2.24) is 9.29 Å². The molecule has 2 aromatic rings. The number of aromatic hydroxyl groups is 1. The van der Waals surface area contributed by atoms with Gasteiger partial charge in [-0.1, -0.05) is 0 Å². The number of phenols is 1. The molecule has 1 aliphatic rings. The first-order chi connectivity index (χ1) is 15.3. The van der Waals surface area contributed by atoms with Crippen LogP contribution in [0.5, 0.6) is 5.75 Å². The van der Waals surface area contributed by atoms with Crippen LogP contribution in [0.1, 0.15) is 31.4 Å². The third-order valence-electron chi connectivity index (χ3n) is 5.47. The Morgan fingerprint density at radius 3 is 2.30 bits per heavy atom. The van der Waals surface area contributed by atoms with E-state index in [1.807, 2.05) is 0 Å². The lowest BCUT2D eigenvalue weighted by atomic mass is 10.1. The van der Waals surface area contributed by atoms with Crippen molar-refractivity contribution < 1.29 is 36.6 Å². The van der Waals surface area contributed by atoms with Crippen LogP contribution in [-0.2, 0) is 27.4 Å². The Morgan fingerprint density at radius 2 is 1.79 bits per heavy atom. The number of hydrogen-bond acceptors (Lipinski definition) is 6. The molecule has 1 fully saturated rings.